The van der Waals surface area contributed by atoms with Crippen LogP contribution in [-0.2, 0) is 9.59 Å². The lowest BCUT2D eigenvalue weighted by Gasteiger charge is -2.32. The monoisotopic (exact) mass is 294 g/mol. The van der Waals surface area contributed by atoms with Crippen LogP contribution in [0.25, 0.3) is 6.08 Å². The molecule has 7 heteroatoms. The first kappa shape index (κ1) is 14.3. The van der Waals surface area contributed by atoms with E-state index in [4.69, 9.17) is 5.11 Å². The Morgan fingerprint density at radius 3 is 3.00 bits per heavy atom. The minimum absolute atomic E-state index is 0.161. The highest BCUT2D eigenvalue weighted by Gasteiger charge is 2.30. The van der Waals surface area contributed by atoms with Crippen LogP contribution < -0.4 is 5.32 Å². The molecule has 2 heterocycles. The Morgan fingerprint density at radius 1 is 1.55 bits per heavy atom. The molecular weight excluding hydrogens is 280 g/mol. The third-order valence-corrected chi connectivity index (χ3v) is 3.91. The van der Waals surface area contributed by atoms with Gasteiger partial charge in [-0.2, -0.15) is 0 Å². The summed E-state index contributed by atoms with van der Waals surface area (Å²) in [6, 6.07) is 1.14. The van der Waals surface area contributed by atoms with E-state index in [1.54, 1.807) is 18.4 Å². The van der Waals surface area contributed by atoms with Crippen LogP contribution in [0, 0.1) is 0 Å². The molecule has 1 atom stereocenters. The van der Waals surface area contributed by atoms with Crippen molar-refractivity contribution >= 4 is 35.2 Å². The quantitative estimate of drug-likeness (QED) is 0.808. The summed E-state index contributed by atoms with van der Waals surface area (Å²) < 4.78 is 0. The van der Waals surface area contributed by atoms with E-state index in [-0.39, 0.29) is 11.8 Å². The van der Waals surface area contributed by atoms with Crippen molar-refractivity contribution in [3.8, 4) is 0 Å². The zero-order valence-electron chi connectivity index (χ0n) is 10.8. The molecule has 106 valence electrons. The number of hydrogen-bond donors (Lipinski definition) is 2. The number of hydrogen-bond acceptors (Lipinski definition) is 4. The lowest BCUT2D eigenvalue weighted by atomic mass is 10.1. The zero-order chi connectivity index (χ0) is 14.7. The number of carboxylic acids is 1. The molecular formula is C13H14N2O4S. The number of aliphatic carboxylic acids is 1. The second-order valence-electron chi connectivity index (χ2n) is 4.37. The minimum Gasteiger partial charge on any atom is -0.478 e. The van der Waals surface area contributed by atoms with Crippen LogP contribution in [0.1, 0.15) is 22.2 Å². The molecule has 0 aromatic carbocycles. The van der Waals surface area contributed by atoms with E-state index >= 15 is 0 Å². The summed E-state index contributed by atoms with van der Waals surface area (Å²) in [6.45, 7) is 2.61. The number of nitrogens with zero attached hydrogens (tertiary/aromatic N) is 1. The molecule has 0 aliphatic carbocycles. The topological polar surface area (TPSA) is 86.7 Å². The van der Waals surface area contributed by atoms with E-state index in [2.05, 4.69) is 5.32 Å². The van der Waals surface area contributed by atoms with Crippen LogP contribution in [0.15, 0.2) is 17.5 Å². The molecule has 0 radical (unpaired) electrons. The number of piperazine rings is 1. The SMILES string of the molecule is CC1C(=O)NCCN1C(=O)c1csc(C=CC(=O)O)c1. The average Bonchev–Trinajstić information content (AvgIpc) is 2.87. The normalized spacial score (nSPS) is 19.1. The van der Waals surface area contributed by atoms with E-state index in [1.165, 1.54) is 22.3 Å². The number of rotatable bonds is 3. The third-order valence-electron chi connectivity index (χ3n) is 3.02. The lowest BCUT2D eigenvalue weighted by Crippen LogP contribution is -2.55. The minimum atomic E-state index is -1.03. The molecule has 2 amide bonds. The second kappa shape index (κ2) is 5.87. The largest absolute Gasteiger partial charge is 0.478 e. The van der Waals surface area contributed by atoms with Crippen molar-refractivity contribution in [3.05, 3.63) is 28.0 Å². The molecule has 20 heavy (non-hydrogen) atoms. The van der Waals surface area contributed by atoms with E-state index in [9.17, 15) is 14.4 Å². The van der Waals surface area contributed by atoms with Crippen LogP contribution in [0.3, 0.4) is 0 Å². The van der Waals surface area contributed by atoms with Crippen molar-refractivity contribution in [2.75, 3.05) is 13.1 Å². The van der Waals surface area contributed by atoms with Gasteiger partial charge in [0.2, 0.25) is 5.91 Å². The Labute approximate surface area is 119 Å². The second-order valence-corrected chi connectivity index (χ2v) is 5.32. The number of thiophene rings is 1. The number of carbonyl (C=O) groups is 3. The predicted octanol–water partition coefficient (Wildman–Crippen LogP) is 0.806. The maximum Gasteiger partial charge on any atom is 0.328 e. The predicted molar refractivity (Wildman–Crippen MR) is 74.5 cm³/mol. The Hall–Kier alpha value is -2.15. The van der Waals surface area contributed by atoms with Crippen molar-refractivity contribution in [2.45, 2.75) is 13.0 Å². The molecule has 1 unspecified atom stereocenters. The number of amides is 2. The average molecular weight is 294 g/mol. The molecule has 0 saturated carbocycles. The standard InChI is InChI=1S/C13H14N2O4S/c1-8-12(18)14-4-5-15(8)13(19)9-6-10(20-7-9)2-3-11(16)17/h2-3,6-8H,4-5H2,1H3,(H,14,18)(H,16,17). The zero-order valence-corrected chi connectivity index (χ0v) is 11.6. The van der Waals surface area contributed by atoms with Gasteiger partial charge in [0.15, 0.2) is 0 Å². The molecule has 0 bridgehead atoms. The highest BCUT2D eigenvalue weighted by molar-refractivity contribution is 7.11. The van der Waals surface area contributed by atoms with Crippen LogP contribution >= 0.6 is 11.3 Å². The Morgan fingerprint density at radius 2 is 2.30 bits per heavy atom. The van der Waals surface area contributed by atoms with Gasteiger partial charge in [0.05, 0.1) is 5.56 Å². The summed E-state index contributed by atoms with van der Waals surface area (Å²) in [4.78, 5) is 36.5. The van der Waals surface area contributed by atoms with Crippen LogP contribution in [-0.4, -0.2) is 46.9 Å². The Bertz CT molecular complexity index is 579. The smallest absolute Gasteiger partial charge is 0.328 e. The summed E-state index contributed by atoms with van der Waals surface area (Å²) in [5.41, 5.74) is 0.474. The van der Waals surface area contributed by atoms with Gasteiger partial charge in [0, 0.05) is 29.4 Å². The number of carboxylic acid groups (broad SMARTS) is 1. The van der Waals surface area contributed by atoms with Crippen LogP contribution in [0.4, 0.5) is 0 Å². The van der Waals surface area contributed by atoms with Gasteiger partial charge in [-0.05, 0) is 19.1 Å². The van der Waals surface area contributed by atoms with E-state index < -0.39 is 12.0 Å². The molecule has 2 rings (SSSR count). The molecule has 1 aromatic rings. The van der Waals surface area contributed by atoms with E-state index in [0.29, 0.717) is 23.5 Å². The molecule has 2 N–H and O–H groups in total. The molecule has 1 saturated heterocycles. The molecule has 1 fully saturated rings. The van der Waals surface area contributed by atoms with Gasteiger partial charge in [-0.15, -0.1) is 11.3 Å². The van der Waals surface area contributed by atoms with Gasteiger partial charge in [0.25, 0.3) is 5.91 Å². The highest BCUT2D eigenvalue weighted by Crippen LogP contribution is 2.19. The Balaban J connectivity index is 2.13. The van der Waals surface area contributed by atoms with Crippen molar-refractivity contribution in [1.29, 1.82) is 0 Å². The fourth-order valence-corrected chi connectivity index (χ4v) is 2.71. The summed E-state index contributed by atoms with van der Waals surface area (Å²) in [5.74, 6) is -1.41. The van der Waals surface area contributed by atoms with Crippen molar-refractivity contribution in [1.82, 2.24) is 10.2 Å². The fourth-order valence-electron chi connectivity index (χ4n) is 1.93. The van der Waals surface area contributed by atoms with Crippen LogP contribution in [0.2, 0.25) is 0 Å². The van der Waals surface area contributed by atoms with Gasteiger partial charge in [-0.3, -0.25) is 9.59 Å². The van der Waals surface area contributed by atoms with E-state index in [0.717, 1.165) is 6.08 Å². The molecule has 1 aromatic heterocycles. The van der Waals surface area contributed by atoms with E-state index in [1.807, 2.05) is 0 Å². The number of nitrogens with one attached hydrogen (secondary N) is 1. The van der Waals surface area contributed by atoms with Gasteiger partial charge in [0.1, 0.15) is 6.04 Å². The maximum atomic E-state index is 12.3. The fraction of sp³-hybridized carbons (Fsp3) is 0.308. The van der Waals surface area contributed by atoms with Gasteiger partial charge in [-0.1, -0.05) is 0 Å². The van der Waals surface area contributed by atoms with Crippen molar-refractivity contribution in [3.63, 3.8) is 0 Å². The molecule has 1 aliphatic rings. The first-order valence-corrected chi connectivity index (χ1v) is 6.95. The maximum absolute atomic E-state index is 12.3. The molecule has 6 nitrogen and oxygen atoms in total. The summed E-state index contributed by atoms with van der Waals surface area (Å²) in [6.07, 6.45) is 2.47. The third kappa shape index (κ3) is 3.05. The van der Waals surface area contributed by atoms with Crippen molar-refractivity contribution in [2.24, 2.45) is 0 Å². The first-order valence-electron chi connectivity index (χ1n) is 6.07. The van der Waals surface area contributed by atoms with Crippen LogP contribution in [0.5, 0.6) is 0 Å². The van der Waals surface area contributed by atoms with Gasteiger partial charge in [-0.25, -0.2) is 4.79 Å². The molecule has 0 spiro atoms. The summed E-state index contributed by atoms with van der Waals surface area (Å²) in [7, 11) is 0. The van der Waals surface area contributed by atoms with Crippen molar-refractivity contribution < 1.29 is 19.5 Å². The van der Waals surface area contributed by atoms with Gasteiger partial charge >= 0.3 is 5.97 Å². The number of carbonyl (C=O) groups excluding carboxylic acids is 2. The molecule has 1 aliphatic heterocycles. The van der Waals surface area contributed by atoms with Gasteiger partial charge < -0.3 is 15.3 Å². The summed E-state index contributed by atoms with van der Waals surface area (Å²) >= 11 is 1.29. The first-order chi connectivity index (χ1) is 9.49. The highest BCUT2D eigenvalue weighted by atomic mass is 32.1. The lowest BCUT2D eigenvalue weighted by molar-refractivity contribution is -0.131. The Kier molecular flexibility index (Phi) is 4.19. The summed E-state index contributed by atoms with van der Waals surface area (Å²) in [5, 5.41) is 12.9.